The van der Waals surface area contributed by atoms with E-state index < -0.39 is 11.9 Å². The molecule has 0 saturated heterocycles. The first kappa shape index (κ1) is 35.9. The molecule has 1 aromatic carbocycles. The molecule has 0 saturated carbocycles. The van der Waals surface area contributed by atoms with Crippen molar-refractivity contribution in [1.29, 1.82) is 0 Å². The molecule has 1 rings (SSSR count). The van der Waals surface area contributed by atoms with E-state index in [2.05, 4.69) is 38.1 Å². The Bertz CT molecular complexity index is 826. The van der Waals surface area contributed by atoms with E-state index in [1.54, 1.807) is 16.7 Å². The van der Waals surface area contributed by atoms with Crippen molar-refractivity contribution in [2.45, 2.75) is 168 Å². The second kappa shape index (κ2) is 24.7. The van der Waals surface area contributed by atoms with Gasteiger partial charge in [-0.3, -0.25) is 9.59 Å². The van der Waals surface area contributed by atoms with Crippen LogP contribution in [-0.4, -0.2) is 22.2 Å². The molecule has 0 aromatic heterocycles. The molecule has 40 heavy (non-hydrogen) atoms. The highest BCUT2D eigenvalue weighted by Crippen LogP contribution is 2.27. The van der Waals surface area contributed by atoms with Gasteiger partial charge in [-0.25, -0.2) is 0 Å². The van der Waals surface area contributed by atoms with E-state index in [0.717, 1.165) is 77.0 Å². The Labute approximate surface area is 246 Å². The molecule has 0 aliphatic carbocycles. The Morgan fingerprint density at radius 3 is 1.55 bits per heavy atom. The molecule has 0 heterocycles. The molecular weight excluding hydrogens is 496 g/mol. The second-order valence-corrected chi connectivity index (χ2v) is 11.6. The summed E-state index contributed by atoms with van der Waals surface area (Å²) < 4.78 is 0. The van der Waals surface area contributed by atoms with Gasteiger partial charge in [0.25, 0.3) is 0 Å². The lowest BCUT2D eigenvalue weighted by Gasteiger charge is -2.19. The molecule has 2 N–H and O–H groups in total. The van der Waals surface area contributed by atoms with Crippen LogP contribution in [0.4, 0.5) is 0 Å². The van der Waals surface area contributed by atoms with Crippen molar-refractivity contribution in [2.75, 3.05) is 0 Å². The van der Waals surface area contributed by atoms with Crippen LogP contribution in [-0.2, 0) is 35.3 Å². The highest BCUT2D eigenvalue weighted by Gasteiger charge is 2.13. The van der Waals surface area contributed by atoms with Crippen molar-refractivity contribution in [1.82, 2.24) is 0 Å². The van der Waals surface area contributed by atoms with Gasteiger partial charge < -0.3 is 10.2 Å². The van der Waals surface area contributed by atoms with E-state index >= 15 is 0 Å². The standard InChI is InChI=1S/C36H60O4/c1-3-5-7-9-13-19-25-33-31(23-17-8-6-4-2)29-30-32(24-18-12-10-15-21-27-35(37)38)34(33)26-20-14-11-16-22-28-36(39)40/h13,19,29-30H,3-12,14-18,20-28H2,1-2H3,(H,37,38)(H,39,40)/b19-13+. The van der Waals surface area contributed by atoms with Crippen molar-refractivity contribution in [3.05, 3.63) is 46.5 Å². The number of aliphatic carboxylic acids is 2. The van der Waals surface area contributed by atoms with Crippen LogP contribution < -0.4 is 0 Å². The van der Waals surface area contributed by atoms with Gasteiger partial charge in [0.1, 0.15) is 0 Å². The lowest BCUT2D eigenvalue weighted by atomic mass is 9.86. The summed E-state index contributed by atoms with van der Waals surface area (Å²) in [6.07, 6.45) is 30.4. The van der Waals surface area contributed by atoms with Gasteiger partial charge in [0.15, 0.2) is 0 Å². The molecule has 228 valence electrons. The molecule has 4 nitrogen and oxygen atoms in total. The van der Waals surface area contributed by atoms with Crippen LogP contribution in [0.25, 0.3) is 0 Å². The van der Waals surface area contributed by atoms with Crippen LogP contribution in [0.5, 0.6) is 0 Å². The van der Waals surface area contributed by atoms with Crippen LogP contribution >= 0.6 is 0 Å². The molecule has 0 amide bonds. The number of aryl methyl sites for hydroxylation is 2. The van der Waals surface area contributed by atoms with E-state index in [1.807, 2.05) is 0 Å². The fourth-order valence-electron chi connectivity index (χ4n) is 5.63. The molecule has 0 radical (unpaired) electrons. The van der Waals surface area contributed by atoms with Gasteiger partial charge >= 0.3 is 11.9 Å². The minimum atomic E-state index is -0.687. The zero-order valence-corrected chi connectivity index (χ0v) is 26.0. The number of carbonyl (C=O) groups is 2. The first-order valence-electron chi connectivity index (χ1n) is 16.7. The molecule has 0 aliphatic rings. The van der Waals surface area contributed by atoms with E-state index in [0.29, 0.717) is 0 Å². The van der Waals surface area contributed by atoms with Gasteiger partial charge in [-0.05, 0) is 92.9 Å². The van der Waals surface area contributed by atoms with Gasteiger partial charge in [0.05, 0.1) is 0 Å². The van der Waals surface area contributed by atoms with Gasteiger partial charge in [-0.1, -0.05) is 109 Å². The highest BCUT2D eigenvalue weighted by molar-refractivity contribution is 5.66. The van der Waals surface area contributed by atoms with Crippen molar-refractivity contribution in [3.8, 4) is 0 Å². The number of hydrogen-bond acceptors (Lipinski definition) is 2. The summed E-state index contributed by atoms with van der Waals surface area (Å²) in [4.78, 5) is 21.6. The molecule has 0 spiro atoms. The average molecular weight is 557 g/mol. The summed E-state index contributed by atoms with van der Waals surface area (Å²) in [5.41, 5.74) is 6.22. The average Bonchev–Trinajstić information content (AvgIpc) is 2.92. The minimum Gasteiger partial charge on any atom is -0.481 e. The summed E-state index contributed by atoms with van der Waals surface area (Å²) >= 11 is 0. The molecule has 1 aromatic rings. The van der Waals surface area contributed by atoms with E-state index in [1.165, 1.54) is 69.8 Å². The summed E-state index contributed by atoms with van der Waals surface area (Å²) in [6, 6.07) is 4.83. The maximum absolute atomic E-state index is 10.8. The Morgan fingerprint density at radius 2 is 1.00 bits per heavy atom. The molecule has 0 fully saturated rings. The quantitative estimate of drug-likeness (QED) is 0.0835. The SMILES string of the molecule is CCCCC/C=C/Cc1c(CCCCCC)ccc(CCCCCCCC(=O)O)c1CCCCCCCC(=O)O. The smallest absolute Gasteiger partial charge is 0.303 e. The first-order valence-corrected chi connectivity index (χ1v) is 16.7. The van der Waals surface area contributed by atoms with Gasteiger partial charge in [-0.2, -0.15) is 0 Å². The first-order chi connectivity index (χ1) is 19.5. The second-order valence-electron chi connectivity index (χ2n) is 11.6. The van der Waals surface area contributed by atoms with Crippen molar-refractivity contribution >= 4 is 11.9 Å². The Morgan fingerprint density at radius 1 is 0.550 bits per heavy atom. The topological polar surface area (TPSA) is 74.6 Å². The molecule has 0 atom stereocenters. The highest BCUT2D eigenvalue weighted by atomic mass is 16.4. The number of unbranched alkanes of at least 4 members (excludes halogenated alkanes) is 14. The number of rotatable bonds is 27. The van der Waals surface area contributed by atoms with Crippen molar-refractivity contribution < 1.29 is 19.8 Å². The fourth-order valence-corrected chi connectivity index (χ4v) is 5.63. The summed E-state index contributed by atoms with van der Waals surface area (Å²) in [5, 5.41) is 17.8. The number of carboxylic acid groups (broad SMARTS) is 2. The number of allylic oxidation sites excluding steroid dienone is 2. The number of benzene rings is 1. The van der Waals surface area contributed by atoms with Crippen LogP contribution in [0, 0.1) is 0 Å². The van der Waals surface area contributed by atoms with Crippen molar-refractivity contribution in [2.24, 2.45) is 0 Å². The van der Waals surface area contributed by atoms with Crippen molar-refractivity contribution in [3.63, 3.8) is 0 Å². The Balaban J connectivity index is 2.94. The zero-order chi connectivity index (χ0) is 29.3. The van der Waals surface area contributed by atoms with E-state index in [-0.39, 0.29) is 12.8 Å². The lowest BCUT2D eigenvalue weighted by Crippen LogP contribution is -2.06. The lowest BCUT2D eigenvalue weighted by molar-refractivity contribution is -0.138. The normalized spacial score (nSPS) is 11.4. The predicted octanol–water partition coefficient (Wildman–Crippen LogP) is 10.4. The fraction of sp³-hybridized carbons (Fsp3) is 0.722. The Kier molecular flexibility index (Phi) is 22.2. The van der Waals surface area contributed by atoms with Crippen LogP contribution in [0.2, 0.25) is 0 Å². The Hall–Kier alpha value is -2.10. The van der Waals surface area contributed by atoms with Crippen LogP contribution in [0.15, 0.2) is 24.3 Å². The van der Waals surface area contributed by atoms with E-state index in [9.17, 15) is 9.59 Å². The molecule has 4 heteroatoms. The minimum absolute atomic E-state index is 0.287. The predicted molar refractivity (Wildman–Crippen MR) is 169 cm³/mol. The monoisotopic (exact) mass is 556 g/mol. The maximum atomic E-state index is 10.8. The third-order valence-corrected chi connectivity index (χ3v) is 8.04. The summed E-state index contributed by atoms with van der Waals surface area (Å²) in [7, 11) is 0. The largest absolute Gasteiger partial charge is 0.481 e. The summed E-state index contributed by atoms with van der Waals surface area (Å²) in [5.74, 6) is -1.37. The molecular formula is C36H60O4. The molecule has 0 aliphatic heterocycles. The van der Waals surface area contributed by atoms with Gasteiger partial charge in [0.2, 0.25) is 0 Å². The number of hydrogen-bond donors (Lipinski definition) is 2. The van der Waals surface area contributed by atoms with Crippen LogP contribution in [0.3, 0.4) is 0 Å². The molecule has 0 bridgehead atoms. The maximum Gasteiger partial charge on any atom is 0.303 e. The van der Waals surface area contributed by atoms with Gasteiger partial charge in [-0.15, -0.1) is 0 Å². The zero-order valence-electron chi connectivity index (χ0n) is 26.0. The summed E-state index contributed by atoms with van der Waals surface area (Å²) in [6.45, 7) is 4.53. The van der Waals surface area contributed by atoms with Gasteiger partial charge in [0, 0.05) is 12.8 Å². The number of carboxylic acids is 2. The van der Waals surface area contributed by atoms with E-state index in [4.69, 9.17) is 10.2 Å². The third kappa shape index (κ3) is 18.3. The molecule has 0 unspecified atom stereocenters. The third-order valence-electron chi connectivity index (χ3n) is 8.04. The van der Waals surface area contributed by atoms with Crippen LogP contribution in [0.1, 0.15) is 165 Å².